The van der Waals surface area contributed by atoms with Crippen molar-refractivity contribution in [3.63, 3.8) is 0 Å². The highest BCUT2D eigenvalue weighted by atomic mass is 32.2. The third-order valence-corrected chi connectivity index (χ3v) is 8.26. The van der Waals surface area contributed by atoms with Gasteiger partial charge in [-0.3, -0.25) is 4.90 Å². The van der Waals surface area contributed by atoms with Gasteiger partial charge in [0.2, 0.25) is 5.13 Å². The summed E-state index contributed by atoms with van der Waals surface area (Å²) in [5.41, 5.74) is 1.19. The lowest BCUT2D eigenvalue weighted by molar-refractivity contribution is 0.0330. The predicted molar refractivity (Wildman–Crippen MR) is 120 cm³/mol. The molecule has 1 aliphatic heterocycles. The van der Waals surface area contributed by atoms with Gasteiger partial charge in [-0.2, -0.15) is 0 Å². The second kappa shape index (κ2) is 8.62. The van der Waals surface area contributed by atoms with E-state index in [9.17, 15) is 0 Å². The van der Waals surface area contributed by atoms with Gasteiger partial charge in [-0.1, -0.05) is 17.4 Å². The smallest absolute Gasteiger partial charge is 0.206 e. The van der Waals surface area contributed by atoms with Crippen molar-refractivity contribution in [2.75, 3.05) is 38.7 Å². The summed E-state index contributed by atoms with van der Waals surface area (Å²) in [6, 6.07) is 4.22. The van der Waals surface area contributed by atoms with Gasteiger partial charge in [0.25, 0.3) is 0 Å². The Kier molecular flexibility index (Phi) is 5.75. The number of rotatable bonds is 6. The van der Waals surface area contributed by atoms with Crippen LogP contribution in [0.4, 0.5) is 5.13 Å². The number of nitrogens with zero attached hydrogens (tertiary/aromatic N) is 5. The zero-order valence-corrected chi connectivity index (χ0v) is 18.9. The third kappa shape index (κ3) is 4.16. The van der Waals surface area contributed by atoms with Gasteiger partial charge >= 0.3 is 0 Å². The van der Waals surface area contributed by atoms with Crippen LogP contribution in [0.15, 0.2) is 32.3 Å². The zero-order valence-electron chi connectivity index (χ0n) is 15.6. The summed E-state index contributed by atoms with van der Waals surface area (Å²) in [6.07, 6.45) is 0. The Morgan fingerprint density at radius 3 is 2.86 bits per heavy atom. The molecule has 1 fully saturated rings. The number of hydrogen-bond acceptors (Lipinski definition) is 11. The number of anilines is 1. The van der Waals surface area contributed by atoms with Crippen LogP contribution in [0.5, 0.6) is 0 Å². The maximum atomic E-state index is 5.46. The minimum atomic E-state index is 0.733. The van der Waals surface area contributed by atoms with Crippen LogP contribution in [0, 0.1) is 0 Å². The Morgan fingerprint density at radius 1 is 1.21 bits per heavy atom. The zero-order chi connectivity index (χ0) is 19.6. The SMILES string of the molecule is CNc1nnc(Sc2nc(CN3CCOCC3)nc3scc(-c4cccs4)c23)s1. The van der Waals surface area contributed by atoms with Gasteiger partial charge in [-0.15, -0.1) is 32.9 Å². The fraction of sp³-hybridized carbons (Fsp3) is 0.333. The number of nitrogens with one attached hydrogen (secondary N) is 1. The number of thiophene rings is 2. The lowest BCUT2D eigenvalue weighted by Crippen LogP contribution is -2.36. The molecule has 11 heteroatoms. The van der Waals surface area contributed by atoms with Crippen molar-refractivity contribution in [2.24, 2.45) is 0 Å². The highest BCUT2D eigenvalue weighted by molar-refractivity contribution is 8.01. The van der Waals surface area contributed by atoms with Crippen LogP contribution in [0.25, 0.3) is 20.7 Å². The number of morpholine rings is 1. The quantitative estimate of drug-likeness (QED) is 0.425. The van der Waals surface area contributed by atoms with Crippen LogP contribution in [0.3, 0.4) is 0 Å². The average molecular weight is 463 g/mol. The fourth-order valence-electron chi connectivity index (χ4n) is 3.10. The second-order valence-corrected chi connectivity index (χ2v) is 10.4. The summed E-state index contributed by atoms with van der Waals surface area (Å²) in [6.45, 7) is 4.09. The summed E-state index contributed by atoms with van der Waals surface area (Å²) in [4.78, 5) is 14.5. The van der Waals surface area contributed by atoms with Crippen LogP contribution < -0.4 is 5.32 Å². The largest absolute Gasteiger partial charge is 0.379 e. The standard InChI is InChI=1S/C18H18N6OS4/c1-19-17-22-23-18(29-17)28-16-14-11(12-3-2-8-26-12)10-27-15(14)20-13(21-16)9-24-4-6-25-7-5-24/h2-3,8,10H,4-7,9H2,1H3,(H,19,22). The number of fused-ring (bicyclic) bond motifs is 1. The molecule has 5 rings (SSSR count). The maximum Gasteiger partial charge on any atom is 0.206 e. The van der Waals surface area contributed by atoms with Gasteiger partial charge < -0.3 is 10.1 Å². The summed E-state index contributed by atoms with van der Waals surface area (Å²) >= 11 is 6.51. The Balaban J connectivity index is 1.56. The Hall–Kier alpha value is -1.63. The molecule has 0 spiro atoms. The highest BCUT2D eigenvalue weighted by Crippen LogP contribution is 2.42. The van der Waals surface area contributed by atoms with E-state index in [-0.39, 0.29) is 0 Å². The normalized spacial score (nSPS) is 15.2. The van der Waals surface area contributed by atoms with Crippen LogP contribution in [0.2, 0.25) is 0 Å². The summed E-state index contributed by atoms with van der Waals surface area (Å²) in [7, 11) is 1.85. The molecule has 29 heavy (non-hydrogen) atoms. The first kappa shape index (κ1) is 19.3. The Morgan fingerprint density at radius 2 is 2.10 bits per heavy atom. The van der Waals surface area contributed by atoms with E-state index in [1.54, 1.807) is 34.4 Å². The molecule has 1 aliphatic rings. The first-order valence-electron chi connectivity index (χ1n) is 9.11. The Bertz CT molecular complexity index is 1100. The maximum absolute atomic E-state index is 5.46. The minimum absolute atomic E-state index is 0.733. The molecule has 0 radical (unpaired) electrons. The fourth-order valence-corrected chi connectivity index (χ4v) is 6.73. The van der Waals surface area contributed by atoms with E-state index >= 15 is 0 Å². The molecule has 1 saturated heterocycles. The van der Waals surface area contributed by atoms with Crippen LogP contribution in [0.1, 0.15) is 5.82 Å². The molecule has 4 aromatic heterocycles. The van der Waals surface area contributed by atoms with E-state index in [1.165, 1.54) is 21.8 Å². The monoisotopic (exact) mass is 462 g/mol. The number of aromatic nitrogens is 4. The van der Waals surface area contributed by atoms with Crippen molar-refractivity contribution in [1.82, 2.24) is 25.1 Å². The average Bonchev–Trinajstić information content (AvgIpc) is 3.49. The molecule has 5 heterocycles. The van der Waals surface area contributed by atoms with Gasteiger partial charge in [0, 0.05) is 36.0 Å². The van der Waals surface area contributed by atoms with E-state index in [4.69, 9.17) is 14.7 Å². The van der Waals surface area contributed by atoms with Crippen LogP contribution in [-0.2, 0) is 11.3 Å². The second-order valence-electron chi connectivity index (χ2n) is 6.37. The number of ether oxygens (including phenoxy) is 1. The molecule has 0 aliphatic carbocycles. The van der Waals surface area contributed by atoms with Gasteiger partial charge in [0.15, 0.2) is 4.34 Å². The molecule has 0 aromatic carbocycles. The molecule has 150 valence electrons. The van der Waals surface area contributed by atoms with Crippen molar-refractivity contribution in [1.29, 1.82) is 0 Å². The molecule has 0 bridgehead atoms. The van der Waals surface area contributed by atoms with E-state index < -0.39 is 0 Å². The van der Waals surface area contributed by atoms with E-state index in [0.717, 1.165) is 63.4 Å². The van der Waals surface area contributed by atoms with E-state index in [0.29, 0.717) is 0 Å². The van der Waals surface area contributed by atoms with Gasteiger partial charge in [-0.25, -0.2) is 9.97 Å². The van der Waals surface area contributed by atoms with Gasteiger partial charge in [-0.05, 0) is 23.2 Å². The summed E-state index contributed by atoms with van der Waals surface area (Å²) in [5, 5.41) is 18.7. The molecule has 0 amide bonds. The lowest BCUT2D eigenvalue weighted by atomic mass is 10.2. The van der Waals surface area contributed by atoms with Crippen LogP contribution in [-0.4, -0.2) is 58.4 Å². The minimum Gasteiger partial charge on any atom is -0.379 e. The third-order valence-electron chi connectivity index (χ3n) is 4.51. The first-order valence-corrected chi connectivity index (χ1v) is 12.5. The highest BCUT2D eigenvalue weighted by Gasteiger charge is 2.20. The van der Waals surface area contributed by atoms with E-state index in [2.05, 4.69) is 43.3 Å². The topological polar surface area (TPSA) is 76.1 Å². The van der Waals surface area contributed by atoms with E-state index in [1.807, 2.05) is 7.05 Å². The summed E-state index contributed by atoms with van der Waals surface area (Å²) < 4.78 is 6.34. The van der Waals surface area contributed by atoms with Crippen molar-refractivity contribution in [3.8, 4) is 10.4 Å². The van der Waals surface area contributed by atoms with Crippen molar-refractivity contribution >= 4 is 61.1 Å². The molecule has 7 nitrogen and oxygen atoms in total. The molecule has 4 aromatic rings. The van der Waals surface area contributed by atoms with Crippen LogP contribution >= 0.6 is 45.8 Å². The molecular formula is C18H18N6OS4. The Labute approximate surface area is 184 Å². The van der Waals surface area contributed by atoms with Gasteiger partial charge in [0.1, 0.15) is 15.7 Å². The molecule has 0 unspecified atom stereocenters. The molecule has 0 saturated carbocycles. The summed E-state index contributed by atoms with van der Waals surface area (Å²) in [5.74, 6) is 0.847. The van der Waals surface area contributed by atoms with Crippen molar-refractivity contribution < 1.29 is 4.74 Å². The number of hydrogen-bond donors (Lipinski definition) is 1. The van der Waals surface area contributed by atoms with Gasteiger partial charge in [0.05, 0.1) is 25.1 Å². The lowest BCUT2D eigenvalue weighted by Gasteiger charge is -2.25. The molecule has 0 atom stereocenters. The predicted octanol–water partition coefficient (Wildman–Crippen LogP) is 4.30. The van der Waals surface area contributed by atoms with Crippen molar-refractivity contribution in [2.45, 2.75) is 15.9 Å². The molecule has 1 N–H and O–H groups in total. The van der Waals surface area contributed by atoms with Crippen molar-refractivity contribution in [3.05, 3.63) is 28.7 Å². The first-order chi connectivity index (χ1) is 14.3. The molecular weight excluding hydrogens is 445 g/mol.